The number of ether oxygens (including phenoxy) is 1. The molecule has 0 heterocycles. The van der Waals surface area contributed by atoms with Crippen LogP contribution >= 0.6 is 0 Å². The van der Waals surface area contributed by atoms with Crippen LogP contribution in [0, 0.1) is 5.82 Å². The summed E-state index contributed by atoms with van der Waals surface area (Å²) in [5.41, 5.74) is 4.84. The molecule has 0 saturated heterocycles. The number of benzene rings is 1. The van der Waals surface area contributed by atoms with E-state index in [9.17, 15) is 9.18 Å². The van der Waals surface area contributed by atoms with Gasteiger partial charge in [-0.15, -0.1) is 0 Å². The summed E-state index contributed by atoms with van der Waals surface area (Å²) in [6, 6.07) is 5.99. The highest BCUT2D eigenvalue weighted by Gasteiger charge is 2.29. The van der Waals surface area contributed by atoms with Crippen molar-refractivity contribution in [3.8, 4) is 0 Å². The number of hydrogen-bond acceptors (Lipinski definition) is 3. The molecule has 0 aliphatic heterocycles. The fraction of sp³-hybridized carbons (Fsp3) is 0.500. The molecule has 5 heteroatoms. The van der Waals surface area contributed by atoms with Crippen molar-refractivity contribution in [2.24, 2.45) is 5.73 Å². The largest absolute Gasteiger partial charge is 0.444 e. The summed E-state index contributed by atoms with van der Waals surface area (Å²) in [5.74, 6) is -0.372. The third-order valence-electron chi connectivity index (χ3n) is 2.65. The first kappa shape index (κ1) is 15.4. The summed E-state index contributed by atoms with van der Waals surface area (Å²) in [6.07, 6.45) is -0.579. The normalized spacial score (nSPS) is 14.6. The molecular formula is C14H21FN2O2. The van der Waals surface area contributed by atoms with Gasteiger partial charge in [0, 0.05) is 6.54 Å². The highest BCUT2D eigenvalue weighted by atomic mass is 19.1. The molecule has 1 atom stereocenters. The van der Waals surface area contributed by atoms with E-state index in [-0.39, 0.29) is 12.4 Å². The van der Waals surface area contributed by atoms with E-state index in [0.717, 1.165) is 0 Å². The van der Waals surface area contributed by atoms with Crippen LogP contribution in [0.2, 0.25) is 0 Å². The first-order chi connectivity index (χ1) is 8.66. The Morgan fingerprint density at radius 2 is 2.00 bits per heavy atom. The summed E-state index contributed by atoms with van der Waals surface area (Å²) >= 11 is 0. The topological polar surface area (TPSA) is 64.3 Å². The van der Waals surface area contributed by atoms with Gasteiger partial charge in [0.15, 0.2) is 0 Å². The SMILES string of the molecule is CC(C)(C)OC(=O)NC(C)(CN)c1cccc(F)c1. The van der Waals surface area contributed by atoms with E-state index in [2.05, 4.69) is 5.32 Å². The second-order valence-electron chi connectivity index (χ2n) is 5.67. The smallest absolute Gasteiger partial charge is 0.408 e. The second kappa shape index (κ2) is 5.57. The molecule has 19 heavy (non-hydrogen) atoms. The van der Waals surface area contributed by atoms with Gasteiger partial charge in [-0.05, 0) is 45.4 Å². The van der Waals surface area contributed by atoms with Crippen LogP contribution in [0.4, 0.5) is 9.18 Å². The summed E-state index contributed by atoms with van der Waals surface area (Å²) in [4.78, 5) is 11.8. The molecule has 4 nitrogen and oxygen atoms in total. The number of halogens is 1. The van der Waals surface area contributed by atoms with E-state index in [1.807, 2.05) is 0 Å². The first-order valence-corrected chi connectivity index (χ1v) is 6.13. The number of amides is 1. The predicted molar refractivity (Wildman–Crippen MR) is 72.2 cm³/mol. The number of nitrogens with one attached hydrogen (secondary N) is 1. The lowest BCUT2D eigenvalue weighted by atomic mass is 9.92. The zero-order valence-corrected chi connectivity index (χ0v) is 11.8. The van der Waals surface area contributed by atoms with Gasteiger partial charge in [-0.1, -0.05) is 12.1 Å². The number of carbonyl (C=O) groups is 1. The van der Waals surface area contributed by atoms with Gasteiger partial charge in [-0.2, -0.15) is 0 Å². The van der Waals surface area contributed by atoms with Gasteiger partial charge >= 0.3 is 6.09 Å². The molecular weight excluding hydrogens is 247 g/mol. The Labute approximate surface area is 113 Å². The molecule has 1 unspecified atom stereocenters. The zero-order valence-electron chi connectivity index (χ0n) is 11.8. The van der Waals surface area contributed by atoms with E-state index in [1.165, 1.54) is 12.1 Å². The lowest BCUT2D eigenvalue weighted by molar-refractivity contribution is 0.0464. The number of alkyl carbamates (subject to hydrolysis) is 1. The van der Waals surface area contributed by atoms with Gasteiger partial charge in [0.25, 0.3) is 0 Å². The van der Waals surface area contributed by atoms with Crippen molar-refractivity contribution in [2.75, 3.05) is 6.54 Å². The Bertz CT molecular complexity index is 457. The van der Waals surface area contributed by atoms with Gasteiger partial charge in [0.05, 0.1) is 5.54 Å². The van der Waals surface area contributed by atoms with Crippen molar-refractivity contribution >= 4 is 6.09 Å². The second-order valence-corrected chi connectivity index (χ2v) is 5.67. The molecule has 1 amide bonds. The standard InChI is InChI=1S/C14H21FN2O2/c1-13(2,3)19-12(18)17-14(4,9-16)10-6-5-7-11(15)8-10/h5-8H,9,16H2,1-4H3,(H,17,18). The van der Waals surface area contributed by atoms with E-state index < -0.39 is 17.2 Å². The number of nitrogens with two attached hydrogens (primary N) is 1. The van der Waals surface area contributed by atoms with Gasteiger partial charge < -0.3 is 15.8 Å². The fourth-order valence-corrected chi connectivity index (χ4v) is 1.60. The van der Waals surface area contributed by atoms with Crippen molar-refractivity contribution in [3.63, 3.8) is 0 Å². The summed E-state index contributed by atoms with van der Waals surface area (Å²) in [6.45, 7) is 7.18. The third-order valence-corrected chi connectivity index (χ3v) is 2.65. The molecule has 0 saturated carbocycles. The van der Waals surface area contributed by atoms with Crippen molar-refractivity contribution in [2.45, 2.75) is 38.8 Å². The number of hydrogen-bond donors (Lipinski definition) is 2. The minimum absolute atomic E-state index is 0.135. The number of rotatable bonds is 3. The molecule has 106 valence electrons. The molecule has 0 radical (unpaired) electrons. The van der Waals surface area contributed by atoms with Gasteiger partial charge in [0.1, 0.15) is 11.4 Å². The predicted octanol–water partition coefficient (Wildman–Crippen LogP) is 2.52. The van der Waals surface area contributed by atoms with Crippen LogP contribution in [0.5, 0.6) is 0 Å². The van der Waals surface area contributed by atoms with Crippen molar-refractivity contribution in [1.29, 1.82) is 0 Å². The molecule has 0 bridgehead atoms. The molecule has 0 aromatic heterocycles. The van der Waals surface area contributed by atoms with Crippen LogP contribution in [-0.4, -0.2) is 18.2 Å². The maximum atomic E-state index is 13.3. The van der Waals surface area contributed by atoms with Gasteiger partial charge in [-0.25, -0.2) is 9.18 Å². The Kier molecular flexibility index (Phi) is 4.52. The summed E-state index contributed by atoms with van der Waals surface area (Å²) < 4.78 is 18.4. The molecule has 0 aliphatic rings. The summed E-state index contributed by atoms with van der Waals surface area (Å²) in [7, 11) is 0. The average molecular weight is 268 g/mol. The minimum Gasteiger partial charge on any atom is -0.444 e. The van der Waals surface area contributed by atoms with E-state index in [0.29, 0.717) is 5.56 Å². The monoisotopic (exact) mass is 268 g/mol. The van der Waals surface area contributed by atoms with Crippen molar-refractivity contribution < 1.29 is 13.9 Å². The van der Waals surface area contributed by atoms with E-state index >= 15 is 0 Å². The van der Waals surface area contributed by atoms with Crippen LogP contribution in [0.15, 0.2) is 24.3 Å². The molecule has 0 aliphatic carbocycles. The molecule has 1 aromatic rings. The lowest BCUT2D eigenvalue weighted by Gasteiger charge is -2.31. The Balaban J connectivity index is 2.90. The third kappa shape index (κ3) is 4.52. The van der Waals surface area contributed by atoms with Crippen LogP contribution in [-0.2, 0) is 10.3 Å². The molecule has 1 rings (SSSR count). The van der Waals surface area contributed by atoms with E-state index in [4.69, 9.17) is 10.5 Å². The Morgan fingerprint density at radius 3 is 2.47 bits per heavy atom. The molecule has 1 aromatic carbocycles. The van der Waals surface area contributed by atoms with Gasteiger partial charge in [-0.3, -0.25) is 0 Å². The van der Waals surface area contributed by atoms with Crippen LogP contribution in [0.1, 0.15) is 33.3 Å². The quantitative estimate of drug-likeness (QED) is 0.885. The lowest BCUT2D eigenvalue weighted by Crippen LogP contribution is -2.50. The highest BCUT2D eigenvalue weighted by Crippen LogP contribution is 2.21. The Hall–Kier alpha value is -1.62. The first-order valence-electron chi connectivity index (χ1n) is 6.13. The van der Waals surface area contributed by atoms with E-state index in [1.54, 1.807) is 39.8 Å². The summed E-state index contributed by atoms with van der Waals surface area (Å²) in [5, 5.41) is 2.69. The maximum absolute atomic E-state index is 13.3. The zero-order chi connectivity index (χ0) is 14.7. The number of carbonyl (C=O) groups excluding carboxylic acids is 1. The van der Waals surface area contributed by atoms with Crippen LogP contribution in [0.3, 0.4) is 0 Å². The highest BCUT2D eigenvalue weighted by molar-refractivity contribution is 5.69. The minimum atomic E-state index is -0.871. The maximum Gasteiger partial charge on any atom is 0.408 e. The molecule has 0 spiro atoms. The average Bonchev–Trinajstić information content (AvgIpc) is 2.26. The molecule has 3 N–H and O–H groups in total. The van der Waals surface area contributed by atoms with Crippen molar-refractivity contribution in [3.05, 3.63) is 35.6 Å². The fourth-order valence-electron chi connectivity index (χ4n) is 1.60. The van der Waals surface area contributed by atoms with Crippen LogP contribution < -0.4 is 11.1 Å². The van der Waals surface area contributed by atoms with Crippen LogP contribution in [0.25, 0.3) is 0 Å². The van der Waals surface area contributed by atoms with Crippen molar-refractivity contribution in [1.82, 2.24) is 5.32 Å². The Morgan fingerprint density at radius 1 is 1.37 bits per heavy atom. The van der Waals surface area contributed by atoms with Gasteiger partial charge in [0.2, 0.25) is 0 Å². The molecule has 0 fully saturated rings.